The molecule has 1 aliphatic heterocycles. The molecule has 0 saturated carbocycles. The largest absolute Gasteiger partial charge is 0.340 e. The van der Waals surface area contributed by atoms with Crippen LogP contribution in [0.3, 0.4) is 0 Å². The summed E-state index contributed by atoms with van der Waals surface area (Å²) in [7, 11) is 1.87. The molecule has 2 atom stereocenters. The number of amides is 1. The van der Waals surface area contributed by atoms with Crippen LogP contribution in [0.5, 0.6) is 0 Å². The van der Waals surface area contributed by atoms with E-state index in [4.69, 9.17) is 0 Å². The van der Waals surface area contributed by atoms with Crippen LogP contribution in [-0.2, 0) is 11.3 Å². The lowest BCUT2D eigenvalue weighted by molar-refractivity contribution is -0.132. The third kappa shape index (κ3) is 4.80. The number of nitrogens with zero attached hydrogens (tertiary/aromatic N) is 2. The van der Waals surface area contributed by atoms with E-state index in [9.17, 15) is 4.79 Å². The molecule has 4 nitrogen and oxygen atoms in total. The quantitative estimate of drug-likeness (QED) is 0.900. The molecule has 0 aromatic heterocycles. The molecule has 1 amide bonds. The number of benzene rings is 1. The van der Waals surface area contributed by atoms with E-state index in [1.54, 1.807) is 4.90 Å². The highest BCUT2D eigenvalue weighted by Crippen LogP contribution is 2.17. The molecule has 1 heterocycles. The van der Waals surface area contributed by atoms with Crippen LogP contribution in [0.2, 0.25) is 0 Å². The number of likely N-dealkylation sites (N-methyl/N-ethyl adjacent to an activating group) is 1. The molecular weight excluding hydrogens is 330 g/mol. The van der Waals surface area contributed by atoms with Gasteiger partial charge in [-0.3, -0.25) is 9.69 Å². The van der Waals surface area contributed by atoms with Crippen molar-refractivity contribution in [2.24, 2.45) is 0 Å². The van der Waals surface area contributed by atoms with E-state index in [0.717, 1.165) is 23.1 Å². The molecular formula is C16H24BrN3O. The zero-order valence-electron chi connectivity index (χ0n) is 13.0. The molecule has 116 valence electrons. The predicted molar refractivity (Wildman–Crippen MR) is 89.1 cm³/mol. The predicted octanol–water partition coefficient (Wildman–Crippen LogP) is 2.09. The lowest BCUT2D eigenvalue weighted by Gasteiger charge is -2.36. The second kappa shape index (κ2) is 7.38. The Kier molecular flexibility index (Phi) is 5.79. The first-order valence-corrected chi connectivity index (χ1v) is 8.20. The molecule has 2 rings (SSSR count). The van der Waals surface area contributed by atoms with Gasteiger partial charge in [0.05, 0.1) is 6.54 Å². The molecule has 1 aromatic rings. The van der Waals surface area contributed by atoms with Gasteiger partial charge in [0.25, 0.3) is 0 Å². The first-order chi connectivity index (χ1) is 9.95. The second-order valence-corrected chi connectivity index (χ2v) is 6.86. The Hall–Kier alpha value is -0.910. The van der Waals surface area contributed by atoms with Crippen LogP contribution in [0.15, 0.2) is 28.7 Å². The van der Waals surface area contributed by atoms with E-state index in [1.807, 2.05) is 31.3 Å². The SMILES string of the molecule is CC1CN(CC(=O)N(C)Cc2ccccc2Br)CC(C)N1. The van der Waals surface area contributed by atoms with E-state index in [-0.39, 0.29) is 5.91 Å². The van der Waals surface area contributed by atoms with Crippen LogP contribution >= 0.6 is 15.9 Å². The van der Waals surface area contributed by atoms with Gasteiger partial charge < -0.3 is 10.2 Å². The number of rotatable bonds is 4. The Morgan fingerprint density at radius 3 is 2.57 bits per heavy atom. The van der Waals surface area contributed by atoms with Crippen molar-refractivity contribution in [1.82, 2.24) is 15.1 Å². The summed E-state index contributed by atoms with van der Waals surface area (Å²) >= 11 is 3.53. The van der Waals surface area contributed by atoms with Crippen molar-refractivity contribution in [2.75, 3.05) is 26.7 Å². The third-order valence-corrected chi connectivity index (χ3v) is 4.56. The molecule has 1 fully saturated rings. The van der Waals surface area contributed by atoms with Gasteiger partial charge in [-0.2, -0.15) is 0 Å². The van der Waals surface area contributed by atoms with Crippen molar-refractivity contribution < 1.29 is 4.79 Å². The zero-order chi connectivity index (χ0) is 15.4. The summed E-state index contributed by atoms with van der Waals surface area (Å²) < 4.78 is 1.05. The smallest absolute Gasteiger partial charge is 0.236 e. The van der Waals surface area contributed by atoms with Gasteiger partial charge in [-0.15, -0.1) is 0 Å². The molecule has 1 saturated heterocycles. The minimum atomic E-state index is 0.173. The summed E-state index contributed by atoms with van der Waals surface area (Å²) in [5, 5.41) is 3.49. The molecule has 1 aliphatic rings. The van der Waals surface area contributed by atoms with Gasteiger partial charge in [0.15, 0.2) is 0 Å². The number of hydrogen-bond donors (Lipinski definition) is 1. The van der Waals surface area contributed by atoms with Gasteiger partial charge >= 0.3 is 0 Å². The van der Waals surface area contributed by atoms with Crippen molar-refractivity contribution in [3.05, 3.63) is 34.3 Å². The summed E-state index contributed by atoms with van der Waals surface area (Å²) in [4.78, 5) is 16.4. The minimum Gasteiger partial charge on any atom is -0.340 e. The van der Waals surface area contributed by atoms with Crippen LogP contribution in [0.1, 0.15) is 19.4 Å². The summed E-state index contributed by atoms with van der Waals surface area (Å²) in [5.74, 6) is 0.173. The van der Waals surface area contributed by atoms with Crippen LogP contribution < -0.4 is 5.32 Å². The second-order valence-electron chi connectivity index (χ2n) is 6.00. The number of carbonyl (C=O) groups excluding carboxylic acids is 1. The summed E-state index contributed by atoms with van der Waals surface area (Å²) in [6.45, 7) is 7.32. The zero-order valence-corrected chi connectivity index (χ0v) is 14.6. The highest BCUT2D eigenvalue weighted by molar-refractivity contribution is 9.10. The lowest BCUT2D eigenvalue weighted by atomic mass is 10.1. The highest BCUT2D eigenvalue weighted by atomic mass is 79.9. The van der Waals surface area contributed by atoms with E-state index in [1.165, 1.54) is 0 Å². The fourth-order valence-corrected chi connectivity index (χ4v) is 3.26. The molecule has 21 heavy (non-hydrogen) atoms. The van der Waals surface area contributed by atoms with Gasteiger partial charge in [0, 0.05) is 43.2 Å². The normalized spacial score (nSPS) is 23.0. The number of piperazine rings is 1. The fourth-order valence-electron chi connectivity index (χ4n) is 2.85. The Morgan fingerprint density at radius 2 is 1.95 bits per heavy atom. The Morgan fingerprint density at radius 1 is 1.33 bits per heavy atom. The van der Waals surface area contributed by atoms with Crippen molar-refractivity contribution >= 4 is 21.8 Å². The monoisotopic (exact) mass is 353 g/mol. The van der Waals surface area contributed by atoms with Gasteiger partial charge in [0.1, 0.15) is 0 Å². The standard InChI is InChI=1S/C16H24BrN3O/c1-12-8-20(9-13(2)18-12)11-16(21)19(3)10-14-6-4-5-7-15(14)17/h4-7,12-13,18H,8-11H2,1-3H3. The summed E-state index contributed by atoms with van der Waals surface area (Å²) in [6.07, 6.45) is 0. The van der Waals surface area contributed by atoms with E-state index in [2.05, 4.69) is 40.0 Å². The first kappa shape index (κ1) is 16.5. The molecule has 2 unspecified atom stereocenters. The van der Waals surface area contributed by atoms with Crippen LogP contribution in [0, 0.1) is 0 Å². The third-order valence-electron chi connectivity index (χ3n) is 3.78. The lowest BCUT2D eigenvalue weighted by Crippen LogP contribution is -2.56. The molecule has 0 spiro atoms. The number of hydrogen-bond acceptors (Lipinski definition) is 3. The Labute approximate surface area is 135 Å². The maximum atomic E-state index is 12.4. The maximum Gasteiger partial charge on any atom is 0.236 e. The van der Waals surface area contributed by atoms with Crippen molar-refractivity contribution in [1.29, 1.82) is 0 Å². The van der Waals surface area contributed by atoms with Crippen molar-refractivity contribution in [3.63, 3.8) is 0 Å². The fraction of sp³-hybridized carbons (Fsp3) is 0.562. The number of carbonyl (C=O) groups is 1. The maximum absolute atomic E-state index is 12.4. The van der Waals surface area contributed by atoms with E-state index in [0.29, 0.717) is 25.2 Å². The highest BCUT2D eigenvalue weighted by Gasteiger charge is 2.23. The molecule has 0 radical (unpaired) electrons. The average molecular weight is 354 g/mol. The summed E-state index contributed by atoms with van der Waals surface area (Å²) in [5.41, 5.74) is 1.13. The van der Waals surface area contributed by atoms with Gasteiger partial charge in [0.2, 0.25) is 5.91 Å². The molecule has 0 aliphatic carbocycles. The first-order valence-electron chi connectivity index (χ1n) is 7.41. The van der Waals surface area contributed by atoms with Gasteiger partial charge in [-0.05, 0) is 25.5 Å². The number of nitrogens with one attached hydrogen (secondary N) is 1. The van der Waals surface area contributed by atoms with E-state index >= 15 is 0 Å². The minimum absolute atomic E-state index is 0.173. The Balaban J connectivity index is 1.89. The van der Waals surface area contributed by atoms with Gasteiger partial charge in [-0.1, -0.05) is 34.1 Å². The topological polar surface area (TPSA) is 35.6 Å². The molecule has 1 N–H and O–H groups in total. The van der Waals surface area contributed by atoms with E-state index < -0.39 is 0 Å². The number of halogens is 1. The average Bonchev–Trinajstić information content (AvgIpc) is 2.40. The van der Waals surface area contributed by atoms with Crippen molar-refractivity contribution in [2.45, 2.75) is 32.5 Å². The van der Waals surface area contributed by atoms with Crippen LogP contribution in [0.25, 0.3) is 0 Å². The molecule has 5 heteroatoms. The van der Waals surface area contributed by atoms with Gasteiger partial charge in [-0.25, -0.2) is 0 Å². The molecule has 0 bridgehead atoms. The van der Waals surface area contributed by atoms with Crippen LogP contribution in [0.4, 0.5) is 0 Å². The molecule has 1 aromatic carbocycles. The van der Waals surface area contributed by atoms with Crippen LogP contribution in [-0.4, -0.2) is 54.5 Å². The summed E-state index contributed by atoms with van der Waals surface area (Å²) in [6, 6.07) is 8.91. The Bertz CT molecular complexity index is 484. The van der Waals surface area contributed by atoms with Crippen molar-refractivity contribution in [3.8, 4) is 0 Å².